The van der Waals surface area contributed by atoms with Crippen LogP contribution in [0, 0.1) is 6.92 Å². The van der Waals surface area contributed by atoms with Gasteiger partial charge in [0.15, 0.2) is 4.80 Å². The third kappa shape index (κ3) is 4.84. The number of amides is 1. The lowest BCUT2D eigenvalue weighted by molar-refractivity contribution is -0.113. The predicted octanol–water partition coefficient (Wildman–Crippen LogP) is 4.60. The van der Waals surface area contributed by atoms with Gasteiger partial charge < -0.3 is 14.6 Å². The van der Waals surface area contributed by atoms with Gasteiger partial charge >= 0.3 is 0 Å². The smallest absolute Gasteiger partial charge is 0.271 e. The number of hydrogen-bond acceptors (Lipinski definition) is 6. The molecule has 1 amide bonds. The number of anilines is 2. The maximum atomic E-state index is 13.8. The molecular weight excluding hydrogens is 552 g/mol. The summed E-state index contributed by atoms with van der Waals surface area (Å²) >= 11 is 4.78. The summed E-state index contributed by atoms with van der Waals surface area (Å²) in [6.45, 7) is 3.81. The van der Waals surface area contributed by atoms with E-state index >= 15 is 0 Å². The van der Waals surface area contributed by atoms with Gasteiger partial charge in [-0.1, -0.05) is 59.4 Å². The minimum atomic E-state index is -0.622. The second-order valence-electron chi connectivity index (χ2n) is 9.01. The SMILES string of the molecule is CC1=C(C(=O)Nc2ccccc2)[C@H](c2ccc(C)cc2)n2c(s/c(=C/c3cc(Br)c(N(C)C)o3)c2=O)=N1. The van der Waals surface area contributed by atoms with Crippen molar-refractivity contribution in [2.45, 2.75) is 19.9 Å². The van der Waals surface area contributed by atoms with Gasteiger partial charge in [-0.15, -0.1) is 0 Å². The summed E-state index contributed by atoms with van der Waals surface area (Å²) in [7, 11) is 3.77. The number of thiazole rings is 1. The van der Waals surface area contributed by atoms with Crippen LogP contribution in [-0.4, -0.2) is 24.6 Å². The molecule has 0 unspecified atom stereocenters. The Morgan fingerprint density at radius 1 is 1.14 bits per heavy atom. The van der Waals surface area contributed by atoms with Gasteiger partial charge in [-0.3, -0.25) is 14.2 Å². The van der Waals surface area contributed by atoms with Crippen LogP contribution in [0.15, 0.2) is 90.6 Å². The molecule has 1 aliphatic heterocycles. The fourth-order valence-corrected chi connectivity index (χ4v) is 5.97. The Morgan fingerprint density at radius 3 is 2.49 bits per heavy atom. The number of furan rings is 1. The molecule has 0 saturated heterocycles. The van der Waals surface area contributed by atoms with Gasteiger partial charge in [0, 0.05) is 31.9 Å². The van der Waals surface area contributed by atoms with Crippen LogP contribution in [-0.2, 0) is 4.79 Å². The lowest BCUT2D eigenvalue weighted by Gasteiger charge is -2.25. The summed E-state index contributed by atoms with van der Waals surface area (Å²) in [5.74, 6) is 0.913. The summed E-state index contributed by atoms with van der Waals surface area (Å²) in [6, 6.07) is 18.3. The maximum Gasteiger partial charge on any atom is 0.271 e. The van der Waals surface area contributed by atoms with Crippen molar-refractivity contribution < 1.29 is 9.21 Å². The van der Waals surface area contributed by atoms with Gasteiger partial charge in [0.2, 0.25) is 5.88 Å². The molecule has 9 heteroatoms. The molecule has 188 valence electrons. The molecule has 0 spiro atoms. The highest BCUT2D eigenvalue weighted by atomic mass is 79.9. The molecule has 1 atom stereocenters. The molecule has 0 bridgehead atoms. The molecule has 5 rings (SSSR count). The van der Waals surface area contributed by atoms with Crippen LogP contribution in [0.3, 0.4) is 0 Å². The highest BCUT2D eigenvalue weighted by molar-refractivity contribution is 9.10. The van der Waals surface area contributed by atoms with Crippen LogP contribution in [0.4, 0.5) is 11.6 Å². The zero-order valence-corrected chi connectivity index (χ0v) is 23.2. The molecule has 2 aromatic carbocycles. The standard InChI is InChI=1S/C28H25BrN4O3S/c1-16-10-12-18(13-11-16)24-23(25(34)31-19-8-6-5-7-9-19)17(2)30-28-33(24)26(35)22(37-28)15-20-14-21(29)27(36-20)32(3)4/h5-15,24H,1-4H3,(H,31,34)/b22-15+/t24-/m0/s1. The highest BCUT2D eigenvalue weighted by Gasteiger charge is 2.32. The zero-order valence-electron chi connectivity index (χ0n) is 20.8. The summed E-state index contributed by atoms with van der Waals surface area (Å²) < 4.78 is 8.79. The Kier molecular flexibility index (Phi) is 6.74. The van der Waals surface area contributed by atoms with Gasteiger partial charge in [-0.05, 0) is 47.5 Å². The Labute approximate surface area is 226 Å². The van der Waals surface area contributed by atoms with Crippen molar-refractivity contribution in [3.05, 3.63) is 113 Å². The zero-order chi connectivity index (χ0) is 26.3. The number of allylic oxidation sites excluding steroid dienone is 1. The van der Waals surface area contributed by atoms with E-state index < -0.39 is 6.04 Å². The number of fused-ring (bicyclic) bond motifs is 1. The first-order chi connectivity index (χ1) is 17.7. The number of aryl methyl sites for hydroxylation is 1. The van der Waals surface area contributed by atoms with Crippen LogP contribution >= 0.6 is 27.3 Å². The van der Waals surface area contributed by atoms with Crippen LogP contribution in [0.2, 0.25) is 0 Å². The molecule has 3 heterocycles. The first kappa shape index (κ1) is 25.0. The van der Waals surface area contributed by atoms with Crippen molar-refractivity contribution in [1.82, 2.24) is 4.57 Å². The van der Waals surface area contributed by atoms with Crippen molar-refractivity contribution in [1.29, 1.82) is 0 Å². The number of aromatic nitrogens is 1. The molecule has 4 aromatic rings. The van der Waals surface area contributed by atoms with E-state index in [1.807, 2.05) is 93.5 Å². The van der Waals surface area contributed by atoms with Crippen molar-refractivity contribution >= 4 is 50.8 Å². The first-order valence-corrected chi connectivity index (χ1v) is 13.3. The molecule has 0 fully saturated rings. The lowest BCUT2D eigenvalue weighted by atomic mass is 9.94. The second-order valence-corrected chi connectivity index (χ2v) is 10.9. The van der Waals surface area contributed by atoms with Crippen molar-refractivity contribution in [2.24, 2.45) is 4.99 Å². The molecule has 7 nitrogen and oxygen atoms in total. The number of para-hydroxylation sites is 1. The minimum absolute atomic E-state index is 0.231. The molecule has 1 N–H and O–H groups in total. The first-order valence-electron chi connectivity index (χ1n) is 11.6. The topological polar surface area (TPSA) is 79.8 Å². The van der Waals surface area contributed by atoms with Crippen LogP contribution < -0.4 is 25.1 Å². The number of nitrogens with zero attached hydrogens (tertiary/aromatic N) is 3. The van der Waals surface area contributed by atoms with E-state index in [9.17, 15) is 9.59 Å². The largest absolute Gasteiger partial charge is 0.440 e. The number of carbonyl (C=O) groups excluding carboxylic acids is 1. The monoisotopic (exact) mass is 576 g/mol. The Bertz CT molecular complexity index is 1700. The van der Waals surface area contributed by atoms with Gasteiger partial charge in [0.25, 0.3) is 11.5 Å². The van der Waals surface area contributed by atoms with Gasteiger partial charge in [0.1, 0.15) is 5.76 Å². The number of nitrogens with one attached hydrogen (secondary N) is 1. The summed E-state index contributed by atoms with van der Waals surface area (Å²) in [5, 5.41) is 2.97. The molecule has 0 saturated carbocycles. The third-order valence-corrected chi connectivity index (χ3v) is 7.61. The molecule has 37 heavy (non-hydrogen) atoms. The van der Waals surface area contributed by atoms with E-state index in [1.54, 1.807) is 10.6 Å². The summed E-state index contributed by atoms with van der Waals surface area (Å²) in [5.41, 5.74) is 3.37. The predicted molar refractivity (Wildman–Crippen MR) is 151 cm³/mol. The van der Waals surface area contributed by atoms with Crippen molar-refractivity contribution in [3.8, 4) is 0 Å². The summed E-state index contributed by atoms with van der Waals surface area (Å²) in [4.78, 5) is 34.4. The van der Waals surface area contributed by atoms with E-state index in [0.29, 0.717) is 37.9 Å². The third-order valence-electron chi connectivity index (χ3n) is 6.06. The number of hydrogen-bond donors (Lipinski definition) is 1. The average Bonchev–Trinajstić information content (AvgIpc) is 3.38. The van der Waals surface area contributed by atoms with Crippen LogP contribution in [0.1, 0.15) is 29.9 Å². The summed E-state index contributed by atoms with van der Waals surface area (Å²) in [6.07, 6.45) is 1.72. The number of benzene rings is 2. The number of halogens is 1. The van der Waals surface area contributed by atoms with E-state index in [-0.39, 0.29) is 11.5 Å². The molecule has 1 aliphatic rings. The fraction of sp³-hybridized carbons (Fsp3) is 0.179. The Hall–Kier alpha value is -3.69. The molecular formula is C28H25BrN4O3S. The second kappa shape index (κ2) is 9.99. The lowest BCUT2D eigenvalue weighted by Crippen LogP contribution is -2.40. The normalized spacial score (nSPS) is 15.4. The van der Waals surface area contributed by atoms with Crippen molar-refractivity contribution in [3.63, 3.8) is 0 Å². The minimum Gasteiger partial charge on any atom is -0.440 e. The molecule has 2 aromatic heterocycles. The van der Waals surface area contributed by atoms with E-state index in [4.69, 9.17) is 4.42 Å². The average molecular weight is 578 g/mol. The van der Waals surface area contributed by atoms with Crippen LogP contribution in [0.5, 0.6) is 0 Å². The maximum absolute atomic E-state index is 13.8. The van der Waals surface area contributed by atoms with E-state index in [1.165, 1.54) is 11.3 Å². The number of carbonyl (C=O) groups is 1. The Morgan fingerprint density at radius 2 is 1.84 bits per heavy atom. The highest BCUT2D eigenvalue weighted by Crippen LogP contribution is 2.31. The Balaban J connectivity index is 1.66. The van der Waals surface area contributed by atoms with Gasteiger partial charge in [-0.25, -0.2) is 4.99 Å². The van der Waals surface area contributed by atoms with Crippen molar-refractivity contribution in [2.75, 3.05) is 24.3 Å². The van der Waals surface area contributed by atoms with Gasteiger partial charge in [0.05, 0.1) is 26.3 Å². The molecule has 0 radical (unpaired) electrons. The van der Waals surface area contributed by atoms with E-state index in [2.05, 4.69) is 26.2 Å². The number of rotatable bonds is 5. The molecule has 0 aliphatic carbocycles. The van der Waals surface area contributed by atoms with E-state index in [0.717, 1.165) is 15.6 Å². The van der Waals surface area contributed by atoms with Crippen LogP contribution in [0.25, 0.3) is 6.08 Å². The fourth-order valence-electron chi connectivity index (χ4n) is 4.28. The van der Waals surface area contributed by atoms with Gasteiger partial charge in [-0.2, -0.15) is 0 Å². The quantitative estimate of drug-likeness (QED) is 0.376.